The van der Waals surface area contributed by atoms with Gasteiger partial charge in [-0.2, -0.15) is 0 Å². The van der Waals surface area contributed by atoms with E-state index in [9.17, 15) is 14.0 Å². The van der Waals surface area contributed by atoms with E-state index in [1.807, 2.05) is 17.5 Å². The van der Waals surface area contributed by atoms with Crippen LogP contribution in [0.1, 0.15) is 15.2 Å². The number of anilines is 1. The number of methoxy groups -OCH3 is 1. The van der Waals surface area contributed by atoms with Crippen LogP contribution in [0.3, 0.4) is 0 Å². The summed E-state index contributed by atoms with van der Waals surface area (Å²) >= 11 is 2.73. The molecule has 4 nitrogen and oxygen atoms in total. The summed E-state index contributed by atoms with van der Waals surface area (Å²) in [4.78, 5) is 25.3. The Morgan fingerprint density at radius 1 is 1.15 bits per heavy atom. The van der Waals surface area contributed by atoms with Gasteiger partial charge in [0.05, 0.1) is 7.11 Å². The number of thiophene rings is 2. The lowest BCUT2D eigenvalue weighted by molar-refractivity contribution is -0.111. The van der Waals surface area contributed by atoms with Gasteiger partial charge in [-0.3, -0.25) is 4.79 Å². The third kappa shape index (κ3) is 4.07. The highest BCUT2D eigenvalue weighted by Gasteiger charge is 2.21. The third-order valence-electron chi connectivity index (χ3n) is 3.51. The molecular formula is C19H14FNO3S2. The van der Waals surface area contributed by atoms with E-state index in [0.717, 1.165) is 4.88 Å². The SMILES string of the molecule is COC(=O)c1c(-c2ccc(F)cc2)csc1NC(=O)/C=C/c1cccs1. The average Bonchev–Trinajstić information content (AvgIpc) is 3.30. The summed E-state index contributed by atoms with van der Waals surface area (Å²) in [7, 11) is 1.27. The Kier molecular flexibility index (Phi) is 5.60. The highest BCUT2D eigenvalue weighted by Crippen LogP contribution is 2.36. The maximum atomic E-state index is 13.2. The zero-order valence-electron chi connectivity index (χ0n) is 13.7. The molecule has 1 amide bonds. The van der Waals surface area contributed by atoms with E-state index in [1.54, 1.807) is 23.6 Å². The number of amides is 1. The molecule has 7 heteroatoms. The molecule has 3 aromatic rings. The van der Waals surface area contributed by atoms with E-state index in [4.69, 9.17) is 4.74 Å². The van der Waals surface area contributed by atoms with Crippen molar-refractivity contribution in [3.63, 3.8) is 0 Å². The normalized spacial score (nSPS) is 10.8. The van der Waals surface area contributed by atoms with Crippen LogP contribution in [-0.4, -0.2) is 19.0 Å². The van der Waals surface area contributed by atoms with Crippen LogP contribution in [0.15, 0.2) is 53.2 Å². The monoisotopic (exact) mass is 387 g/mol. The lowest BCUT2D eigenvalue weighted by Crippen LogP contribution is -2.11. The predicted octanol–water partition coefficient (Wildman–Crippen LogP) is 5.05. The van der Waals surface area contributed by atoms with Crippen LogP contribution in [-0.2, 0) is 9.53 Å². The first-order valence-corrected chi connectivity index (χ1v) is 9.32. The van der Waals surface area contributed by atoms with Gasteiger partial charge >= 0.3 is 5.97 Å². The van der Waals surface area contributed by atoms with Gasteiger partial charge < -0.3 is 10.1 Å². The Labute approximate surface area is 157 Å². The number of carbonyl (C=O) groups is 2. The van der Waals surface area contributed by atoms with Gasteiger partial charge in [-0.25, -0.2) is 9.18 Å². The van der Waals surface area contributed by atoms with E-state index in [0.29, 0.717) is 16.1 Å². The molecular weight excluding hydrogens is 373 g/mol. The first-order chi connectivity index (χ1) is 12.6. The van der Waals surface area contributed by atoms with Crippen molar-refractivity contribution in [2.24, 2.45) is 0 Å². The van der Waals surface area contributed by atoms with Crippen molar-refractivity contribution in [2.75, 3.05) is 12.4 Å². The molecule has 0 unspecified atom stereocenters. The number of hydrogen-bond acceptors (Lipinski definition) is 5. The molecule has 1 aromatic carbocycles. The van der Waals surface area contributed by atoms with Crippen LogP contribution >= 0.6 is 22.7 Å². The Bertz CT molecular complexity index is 944. The summed E-state index contributed by atoms with van der Waals surface area (Å²) in [5.74, 6) is -1.28. The molecule has 0 aliphatic rings. The molecule has 0 radical (unpaired) electrons. The van der Waals surface area contributed by atoms with Crippen molar-refractivity contribution < 1.29 is 18.7 Å². The van der Waals surface area contributed by atoms with E-state index >= 15 is 0 Å². The maximum Gasteiger partial charge on any atom is 0.341 e. The average molecular weight is 387 g/mol. The molecule has 0 atom stereocenters. The fourth-order valence-corrected chi connectivity index (χ4v) is 3.87. The zero-order chi connectivity index (χ0) is 18.5. The maximum absolute atomic E-state index is 13.2. The number of halogens is 1. The molecule has 26 heavy (non-hydrogen) atoms. The lowest BCUT2D eigenvalue weighted by Gasteiger charge is -2.06. The van der Waals surface area contributed by atoms with Crippen LogP contribution in [0.2, 0.25) is 0 Å². The second-order valence-electron chi connectivity index (χ2n) is 5.19. The quantitative estimate of drug-likeness (QED) is 0.492. The van der Waals surface area contributed by atoms with Crippen molar-refractivity contribution in [3.05, 3.63) is 69.5 Å². The van der Waals surface area contributed by atoms with Gasteiger partial charge in [0, 0.05) is 21.9 Å². The molecule has 0 spiro atoms. The lowest BCUT2D eigenvalue weighted by atomic mass is 10.0. The minimum absolute atomic E-state index is 0.252. The summed E-state index contributed by atoms with van der Waals surface area (Å²) < 4.78 is 18.0. The highest BCUT2D eigenvalue weighted by atomic mass is 32.1. The van der Waals surface area contributed by atoms with Gasteiger partial charge in [-0.15, -0.1) is 22.7 Å². The molecule has 0 saturated carbocycles. The van der Waals surface area contributed by atoms with Crippen molar-refractivity contribution in [3.8, 4) is 11.1 Å². The number of esters is 1. The molecule has 0 bridgehead atoms. The second kappa shape index (κ2) is 8.07. The van der Waals surface area contributed by atoms with E-state index in [1.165, 1.54) is 48.0 Å². The van der Waals surface area contributed by atoms with E-state index < -0.39 is 5.97 Å². The molecule has 0 fully saturated rings. The Morgan fingerprint density at radius 2 is 1.92 bits per heavy atom. The van der Waals surface area contributed by atoms with Crippen molar-refractivity contribution in [1.29, 1.82) is 0 Å². The predicted molar refractivity (Wildman–Crippen MR) is 103 cm³/mol. The summed E-state index contributed by atoms with van der Waals surface area (Å²) in [6.45, 7) is 0. The fraction of sp³-hybridized carbons (Fsp3) is 0.0526. The van der Waals surface area contributed by atoms with Crippen molar-refractivity contribution in [1.82, 2.24) is 0 Å². The topological polar surface area (TPSA) is 55.4 Å². The molecule has 132 valence electrons. The highest BCUT2D eigenvalue weighted by molar-refractivity contribution is 7.15. The van der Waals surface area contributed by atoms with Crippen LogP contribution in [0.5, 0.6) is 0 Å². The third-order valence-corrected chi connectivity index (χ3v) is 5.25. The number of rotatable bonds is 5. The molecule has 0 saturated heterocycles. The van der Waals surface area contributed by atoms with Gasteiger partial charge in [0.1, 0.15) is 16.4 Å². The number of benzene rings is 1. The molecule has 2 aromatic heterocycles. The zero-order valence-corrected chi connectivity index (χ0v) is 15.3. The molecule has 0 aliphatic carbocycles. The van der Waals surface area contributed by atoms with Gasteiger partial charge in [0.25, 0.3) is 0 Å². The first kappa shape index (κ1) is 18.0. The van der Waals surface area contributed by atoms with Gasteiger partial charge in [0.15, 0.2) is 0 Å². The van der Waals surface area contributed by atoms with Crippen molar-refractivity contribution >= 4 is 45.6 Å². The first-order valence-electron chi connectivity index (χ1n) is 7.57. The standard InChI is InChI=1S/C19H14FNO3S2/c1-24-19(23)17-15(12-4-6-13(20)7-5-12)11-26-18(17)21-16(22)9-8-14-3-2-10-25-14/h2-11H,1H3,(H,21,22)/b9-8+. The Hall–Kier alpha value is -2.77. The summed E-state index contributed by atoms with van der Waals surface area (Å²) in [5.41, 5.74) is 1.50. The van der Waals surface area contributed by atoms with Crippen LogP contribution in [0.4, 0.5) is 9.39 Å². The smallest absolute Gasteiger partial charge is 0.341 e. The summed E-state index contributed by atoms with van der Waals surface area (Å²) in [5, 5.41) is 6.75. The summed E-state index contributed by atoms with van der Waals surface area (Å²) in [6, 6.07) is 9.57. The van der Waals surface area contributed by atoms with Crippen LogP contribution < -0.4 is 5.32 Å². The molecule has 0 aliphatic heterocycles. The van der Waals surface area contributed by atoms with E-state index in [2.05, 4.69) is 5.32 Å². The number of hydrogen-bond donors (Lipinski definition) is 1. The minimum atomic E-state index is -0.567. The van der Waals surface area contributed by atoms with Crippen LogP contribution in [0.25, 0.3) is 17.2 Å². The number of carbonyl (C=O) groups excluding carboxylic acids is 2. The second-order valence-corrected chi connectivity index (χ2v) is 7.05. The number of ether oxygens (including phenoxy) is 1. The molecule has 3 rings (SSSR count). The fourth-order valence-electron chi connectivity index (χ4n) is 2.29. The van der Waals surface area contributed by atoms with Gasteiger partial charge in [0.2, 0.25) is 5.91 Å². The van der Waals surface area contributed by atoms with Crippen LogP contribution in [0, 0.1) is 5.82 Å². The van der Waals surface area contributed by atoms with Gasteiger partial charge in [-0.05, 0) is 35.2 Å². The minimum Gasteiger partial charge on any atom is -0.465 e. The largest absolute Gasteiger partial charge is 0.465 e. The van der Waals surface area contributed by atoms with E-state index in [-0.39, 0.29) is 17.3 Å². The Morgan fingerprint density at radius 3 is 2.58 bits per heavy atom. The molecule has 2 heterocycles. The summed E-state index contributed by atoms with van der Waals surface area (Å²) in [6.07, 6.45) is 3.11. The Balaban J connectivity index is 1.88. The molecule has 1 N–H and O–H groups in total. The number of nitrogens with one attached hydrogen (secondary N) is 1. The van der Waals surface area contributed by atoms with Gasteiger partial charge in [-0.1, -0.05) is 18.2 Å². The van der Waals surface area contributed by atoms with Crippen molar-refractivity contribution in [2.45, 2.75) is 0 Å².